The summed E-state index contributed by atoms with van der Waals surface area (Å²) in [5, 5.41) is 12.7. The largest absolute Gasteiger partial charge is 0.480 e. The maximum absolute atomic E-state index is 12.6. The molecule has 0 bridgehead atoms. The Morgan fingerprint density at radius 1 is 1.20 bits per heavy atom. The van der Waals surface area contributed by atoms with E-state index in [9.17, 15) is 14.7 Å². The van der Waals surface area contributed by atoms with Crippen molar-refractivity contribution in [3.8, 4) is 0 Å². The van der Waals surface area contributed by atoms with Crippen LogP contribution in [0.15, 0.2) is 0 Å². The van der Waals surface area contributed by atoms with Crippen molar-refractivity contribution in [1.82, 2.24) is 10.2 Å². The molecule has 2 aliphatic heterocycles. The van der Waals surface area contributed by atoms with E-state index in [1.54, 1.807) is 4.90 Å². The molecular weight excluding hydrogens is 256 g/mol. The molecule has 4 atom stereocenters. The van der Waals surface area contributed by atoms with Gasteiger partial charge in [0.15, 0.2) is 0 Å². The molecule has 0 aromatic carbocycles. The van der Waals surface area contributed by atoms with Crippen LogP contribution >= 0.6 is 0 Å². The summed E-state index contributed by atoms with van der Waals surface area (Å²) in [5.41, 5.74) is 0. The number of nitrogens with zero attached hydrogens (tertiary/aromatic N) is 1. The minimum Gasteiger partial charge on any atom is -0.480 e. The molecule has 20 heavy (non-hydrogen) atoms. The van der Waals surface area contributed by atoms with E-state index >= 15 is 0 Å². The van der Waals surface area contributed by atoms with Crippen LogP contribution in [0.25, 0.3) is 0 Å². The summed E-state index contributed by atoms with van der Waals surface area (Å²) in [6.07, 6.45) is 6.59. The molecule has 0 radical (unpaired) electrons. The average molecular weight is 280 g/mol. The Balaban J connectivity index is 1.72. The number of carboxylic acids is 1. The van der Waals surface area contributed by atoms with Crippen molar-refractivity contribution in [2.45, 2.75) is 57.0 Å². The van der Waals surface area contributed by atoms with Crippen LogP contribution in [0, 0.1) is 11.8 Å². The first-order valence-electron chi connectivity index (χ1n) is 7.91. The number of aliphatic carboxylic acids is 1. The summed E-state index contributed by atoms with van der Waals surface area (Å²) in [6, 6.07) is -0.392. The zero-order chi connectivity index (χ0) is 14.1. The molecule has 2 saturated heterocycles. The smallest absolute Gasteiger partial charge is 0.326 e. The molecule has 2 N–H and O–H groups in total. The minimum atomic E-state index is -0.822. The zero-order valence-corrected chi connectivity index (χ0v) is 11.9. The topological polar surface area (TPSA) is 69.6 Å². The van der Waals surface area contributed by atoms with E-state index in [4.69, 9.17) is 0 Å². The summed E-state index contributed by atoms with van der Waals surface area (Å²) < 4.78 is 0. The Kier molecular flexibility index (Phi) is 3.96. The Bertz CT molecular complexity index is 393. The molecule has 1 amide bonds. The molecule has 1 saturated carbocycles. The van der Waals surface area contributed by atoms with Gasteiger partial charge in [-0.05, 0) is 50.6 Å². The van der Waals surface area contributed by atoms with Crippen molar-refractivity contribution in [3.05, 3.63) is 0 Å². The van der Waals surface area contributed by atoms with Crippen LogP contribution in [-0.4, -0.2) is 47.1 Å². The molecule has 2 heterocycles. The first-order chi connectivity index (χ1) is 9.66. The van der Waals surface area contributed by atoms with Gasteiger partial charge >= 0.3 is 5.97 Å². The van der Waals surface area contributed by atoms with Gasteiger partial charge in [-0.2, -0.15) is 0 Å². The van der Waals surface area contributed by atoms with E-state index in [1.165, 1.54) is 6.42 Å². The van der Waals surface area contributed by atoms with Gasteiger partial charge in [0.25, 0.3) is 0 Å². The summed E-state index contributed by atoms with van der Waals surface area (Å²) >= 11 is 0. The van der Waals surface area contributed by atoms with Crippen LogP contribution in [-0.2, 0) is 9.59 Å². The highest BCUT2D eigenvalue weighted by atomic mass is 16.4. The first-order valence-corrected chi connectivity index (χ1v) is 7.91. The van der Waals surface area contributed by atoms with Gasteiger partial charge in [-0.3, -0.25) is 4.79 Å². The predicted octanol–water partition coefficient (Wildman–Crippen LogP) is 1.23. The van der Waals surface area contributed by atoms with Crippen molar-refractivity contribution in [3.63, 3.8) is 0 Å². The van der Waals surface area contributed by atoms with Crippen LogP contribution < -0.4 is 5.32 Å². The number of hydrogen-bond donors (Lipinski definition) is 2. The Morgan fingerprint density at radius 2 is 2.00 bits per heavy atom. The molecule has 5 nitrogen and oxygen atoms in total. The maximum atomic E-state index is 12.6. The fourth-order valence-corrected chi connectivity index (χ4v) is 4.28. The normalized spacial score (nSPS) is 36.9. The third-order valence-corrected chi connectivity index (χ3v) is 5.29. The highest BCUT2D eigenvalue weighted by Gasteiger charge is 2.47. The second-order valence-corrected chi connectivity index (χ2v) is 6.57. The summed E-state index contributed by atoms with van der Waals surface area (Å²) in [6.45, 7) is 1.87. The van der Waals surface area contributed by atoms with E-state index in [1.807, 2.05) is 0 Å². The van der Waals surface area contributed by atoms with E-state index in [-0.39, 0.29) is 11.9 Å². The highest BCUT2D eigenvalue weighted by Crippen LogP contribution is 2.40. The lowest BCUT2D eigenvalue weighted by Crippen LogP contribution is -2.46. The second kappa shape index (κ2) is 5.72. The fourth-order valence-electron chi connectivity index (χ4n) is 4.28. The standard InChI is InChI=1S/C15H24N2O3/c18-14(7-10-5-6-16-9-10)17-12-4-2-1-3-11(12)8-13(17)15(19)20/h10-13,16H,1-9H2,(H,19,20). The van der Waals surface area contributed by atoms with Gasteiger partial charge in [-0.1, -0.05) is 12.8 Å². The molecule has 3 aliphatic rings. The van der Waals surface area contributed by atoms with Crippen LogP contribution in [0.2, 0.25) is 0 Å². The summed E-state index contributed by atoms with van der Waals surface area (Å²) in [4.78, 5) is 25.8. The summed E-state index contributed by atoms with van der Waals surface area (Å²) in [7, 11) is 0. The van der Waals surface area contributed by atoms with Gasteiger partial charge in [-0.15, -0.1) is 0 Å². The second-order valence-electron chi connectivity index (χ2n) is 6.57. The third kappa shape index (κ3) is 2.55. The van der Waals surface area contributed by atoms with E-state index in [2.05, 4.69) is 5.32 Å². The molecule has 0 aromatic rings. The van der Waals surface area contributed by atoms with E-state index in [0.29, 0.717) is 24.7 Å². The van der Waals surface area contributed by atoms with Crippen LogP contribution in [0.3, 0.4) is 0 Å². The van der Waals surface area contributed by atoms with Crippen molar-refractivity contribution in [1.29, 1.82) is 0 Å². The van der Waals surface area contributed by atoms with Crippen LogP contribution in [0.5, 0.6) is 0 Å². The molecule has 4 unspecified atom stereocenters. The van der Waals surface area contributed by atoms with E-state index < -0.39 is 12.0 Å². The minimum absolute atomic E-state index is 0.0699. The lowest BCUT2D eigenvalue weighted by Gasteiger charge is -2.33. The highest BCUT2D eigenvalue weighted by molar-refractivity contribution is 5.85. The van der Waals surface area contributed by atoms with Gasteiger partial charge in [-0.25, -0.2) is 4.79 Å². The lowest BCUT2D eigenvalue weighted by atomic mass is 9.84. The number of fused-ring (bicyclic) bond motifs is 1. The van der Waals surface area contributed by atoms with Gasteiger partial charge < -0.3 is 15.3 Å². The Hall–Kier alpha value is -1.10. The average Bonchev–Trinajstić information content (AvgIpc) is 3.04. The molecule has 3 fully saturated rings. The molecule has 0 aromatic heterocycles. The van der Waals surface area contributed by atoms with E-state index in [0.717, 1.165) is 38.8 Å². The Morgan fingerprint density at radius 3 is 2.70 bits per heavy atom. The number of rotatable bonds is 3. The SMILES string of the molecule is O=C(O)C1CC2CCCCC2N1C(=O)CC1CCNC1. The number of carbonyl (C=O) groups excluding carboxylic acids is 1. The monoisotopic (exact) mass is 280 g/mol. The van der Waals surface area contributed by atoms with Crippen LogP contribution in [0.4, 0.5) is 0 Å². The number of carbonyl (C=O) groups is 2. The molecule has 0 spiro atoms. The molecular formula is C15H24N2O3. The van der Waals surface area contributed by atoms with Gasteiger partial charge in [0.1, 0.15) is 6.04 Å². The first kappa shape index (κ1) is 13.9. The Labute approximate surface area is 119 Å². The number of likely N-dealkylation sites (tertiary alicyclic amines) is 1. The quantitative estimate of drug-likeness (QED) is 0.816. The van der Waals surface area contributed by atoms with Gasteiger partial charge in [0, 0.05) is 12.5 Å². The predicted molar refractivity (Wildman–Crippen MR) is 74.2 cm³/mol. The number of carboxylic acid groups (broad SMARTS) is 1. The maximum Gasteiger partial charge on any atom is 0.326 e. The molecule has 3 rings (SSSR count). The van der Waals surface area contributed by atoms with Gasteiger partial charge in [0.2, 0.25) is 5.91 Å². The number of nitrogens with one attached hydrogen (secondary N) is 1. The fraction of sp³-hybridized carbons (Fsp3) is 0.867. The lowest BCUT2D eigenvalue weighted by molar-refractivity contribution is -0.150. The van der Waals surface area contributed by atoms with Gasteiger partial charge in [0.05, 0.1) is 0 Å². The molecule has 1 aliphatic carbocycles. The number of hydrogen-bond acceptors (Lipinski definition) is 3. The summed E-state index contributed by atoms with van der Waals surface area (Å²) in [5.74, 6) is 0.0490. The zero-order valence-electron chi connectivity index (χ0n) is 11.9. The molecule has 112 valence electrons. The van der Waals surface area contributed by atoms with Crippen LogP contribution in [0.1, 0.15) is 44.9 Å². The van der Waals surface area contributed by atoms with Crippen molar-refractivity contribution in [2.75, 3.05) is 13.1 Å². The van der Waals surface area contributed by atoms with Crippen molar-refractivity contribution < 1.29 is 14.7 Å². The molecule has 5 heteroatoms. The van der Waals surface area contributed by atoms with Crippen molar-refractivity contribution >= 4 is 11.9 Å². The number of amides is 1. The third-order valence-electron chi connectivity index (χ3n) is 5.29. The van der Waals surface area contributed by atoms with Crippen molar-refractivity contribution in [2.24, 2.45) is 11.8 Å².